The number of amides is 1. The fraction of sp³-hybridized carbons (Fsp3) is 0.296. The average Bonchev–Trinajstić information content (AvgIpc) is 2.89. The number of ether oxygens (including phenoxy) is 2. The first kappa shape index (κ1) is 24.6. The van der Waals surface area contributed by atoms with Crippen molar-refractivity contribution in [2.45, 2.75) is 24.2 Å². The molecule has 0 bridgehead atoms. The van der Waals surface area contributed by atoms with Crippen LogP contribution in [0.1, 0.15) is 28.8 Å². The van der Waals surface area contributed by atoms with Crippen molar-refractivity contribution in [1.29, 1.82) is 0 Å². The maximum absolute atomic E-state index is 12.6. The molecule has 0 unspecified atom stereocenters. The van der Waals surface area contributed by atoms with Gasteiger partial charge < -0.3 is 19.5 Å². The van der Waals surface area contributed by atoms with Crippen molar-refractivity contribution < 1.29 is 24.2 Å². The molecule has 1 fully saturated rings. The van der Waals surface area contributed by atoms with Gasteiger partial charge in [-0.3, -0.25) is 4.98 Å². The van der Waals surface area contributed by atoms with E-state index in [-0.39, 0.29) is 11.7 Å². The number of pyridine rings is 1. The number of carbonyl (C=O) groups is 2. The molecule has 1 aliphatic rings. The number of thioether (sulfide) groups is 1. The molecule has 35 heavy (non-hydrogen) atoms. The van der Waals surface area contributed by atoms with Gasteiger partial charge in [0.1, 0.15) is 11.5 Å². The molecule has 0 atom stereocenters. The van der Waals surface area contributed by atoms with Crippen LogP contribution in [0, 0.1) is 5.92 Å². The number of carboxylic acids is 1. The van der Waals surface area contributed by atoms with E-state index in [0.29, 0.717) is 37.1 Å². The number of carbonyl (C=O) groups excluding carboxylic acids is 1. The van der Waals surface area contributed by atoms with Gasteiger partial charge in [-0.1, -0.05) is 12.1 Å². The monoisotopic (exact) mass is 492 g/mol. The Labute approximate surface area is 209 Å². The predicted octanol–water partition coefficient (Wildman–Crippen LogP) is 5.40. The molecule has 1 aromatic heterocycles. The Balaban J connectivity index is 1.15. The second-order valence-corrected chi connectivity index (χ2v) is 9.53. The Bertz CT molecular complexity index is 1100. The molecule has 0 spiro atoms. The number of hydrogen-bond acceptors (Lipinski definition) is 6. The topological polar surface area (TPSA) is 89.0 Å². The van der Waals surface area contributed by atoms with E-state index in [0.717, 1.165) is 25.0 Å². The van der Waals surface area contributed by atoms with E-state index in [9.17, 15) is 9.59 Å². The SMILES string of the molecule is O=C(O)c1ccc(OCC2CCN(C(=O)Oc3ccc(CCSc4ccncc4)cc3)CC2)cc1. The Kier molecular flexibility index (Phi) is 8.62. The highest BCUT2D eigenvalue weighted by Gasteiger charge is 2.24. The van der Waals surface area contributed by atoms with Crippen LogP contribution in [0.2, 0.25) is 0 Å². The van der Waals surface area contributed by atoms with Crippen molar-refractivity contribution in [3.05, 3.63) is 84.2 Å². The number of carboxylic acid groups (broad SMARTS) is 1. The van der Waals surface area contributed by atoms with Crippen molar-refractivity contribution in [2.24, 2.45) is 5.92 Å². The van der Waals surface area contributed by atoms with Gasteiger partial charge in [0.15, 0.2) is 0 Å². The van der Waals surface area contributed by atoms with E-state index in [4.69, 9.17) is 14.6 Å². The standard InChI is InChI=1S/C27H28N2O5S/c30-26(31)22-3-7-23(8-4-22)33-19-21-11-16-29(17-12-21)27(32)34-24-5-1-20(2-6-24)13-18-35-25-9-14-28-15-10-25/h1-10,14-15,21H,11-13,16-19H2,(H,30,31). The summed E-state index contributed by atoms with van der Waals surface area (Å²) in [5, 5.41) is 8.97. The van der Waals surface area contributed by atoms with Crippen LogP contribution in [-0.2, 0) is 6.42 Å². The molecule has 1 saturated heterocycles. The van der Waals surface area contributed by atoms with Crippen LogP contribution < -0.4 is 9.47 Å². The maximum Gasteiger partial charge on any atom is 0.415 e. The van der Waals surface area contributed by atoms with Gasteiger partial charge in [0, 0.05) is 36.1 Å². The van der Waals surface area contributed by atoms with Gasteiger partial charge >= 0.3 is 12.1 Å². The van der Waals surface area contributed by atoms with Gasteiger partial charge in [-0.25, -0.2) is 9.59 Å². The molecule has 2 aromatic carbocycles. The Morgan fingerprint density at radius 1 is 0.943 bits per heavy atom. The molecular formula is C27H28N2O5S. The molecule has 1 amide bonds. The van der Waals surface area contributed by atoms with Gasteiger partial charge in [0.25, 0.3) is 0 Å². The van der Waals surface area contributed by atoms with E-state index < -0.39 is 5.97 Å². The summed E-state index contributed by atoms with van der Waals surface area (Å²) in [4.78, 5) is 30.5. The zero-order valence-corrected chi connectivity index (χ0v) is 20.2. The highest BCUT2D eigenvalue weighted by molar-refractivity contribution is 7.99. The number of benzene rings is 2. The van der Waals surface area contributed by atoms with Crippen LogP contribution in [0.15, 0.2) is 78.0 Å². The van der Waals surface area contributed by atoms with Crippen LogP contribution in [-0.4, -0.2) is 52.5 Å². The molecule has 2 heterocycles. The first-order valence-corrected chi connectivity index (χ1v) is 12.6. The largest absolute Gasteiger partial charge is 0.493 e. The minimum Gasteiger partial charge on any atom is -0.493 e. The molecular weight excluding hydrogens is 464 g/mol. The van der Waals surface area contributed by atoms with E-state index in [2.05, 4.69) is 4.98 Å². The molecule has 8 heteroatoms. The summed E-state index contributed by atoms with van der Waals surface area (Å²) in [7, 11) is 0. The lowest BCUT2D eigenvalue weighted by molar-refractivity contribution is 0.0696. The molecule has 1 N–H and O–H groups in total. The number of piperidine rings is 1. The fourth-order valence-corrected chi connectivity index (χ4v) is 4.69. The summed E-state index contributed by atoms with van der Waals surface area (Å²) in [5.41, 5.74) is 1.43. The fourth-order valence-electron chi connectivity index (χ4n) is 3.80. The number of aromatic nitrogens is 1. The van der Waals surface area contributed by atoms with Crippen molar-refractivity contribution in [3.63, 3.8) is 0 Å². The summed E-state index contributed by atoms with van der Waals surface area (Å²) >= 11 is 1.79. The Morgan fingerprint density at radius 2 is 1.60 bits per heavy atom. The van der Waals surface area contributed by atoms with Crippen LogP contribution in [0.25, 0.3) is 0 Å². The predicted molar refractivity (Wildman–Crippen MR) is 134 cm³/mol. The minimum absolute atomic E-state index is 0.235. The summed E-state index contributed by atoms with van der Waals surface area (Å²) in [5.74, 6) is 1.55. The zero-order chi connectivity index (χ0) is 24.5. The lowest BCUT2D eigenvalue weighted by atomic mass is 9.98. The number of rotatable bonds is 9. The first-order valence-electron chi connectivity index (χ1n) is 11.6. The quantitative estimate of drug-likeness (QED) is 0.400. The Hall–Kier alpha value is -3.52. The molecule has 0 saturated carbocycles. The second-order valence-electron chi connectivity index (χ2n) is 8.36. The lowest BCUT2D eigenvalue weighted by Crippen LogP contribution is -2.41. The van der Waals surface area contributed by atoms with E-state index in [1.165, 1.54) is 22.6 Å². The van der Waals surface area contributed by atoms with Gasteiger partial charge in [0.05, 0.1) is 12.2 Å². The third kappa shape index (κ3) is 7.48. The Morgan fingerprint density at radius 3 is 2.26 bits per heavy atom. The molecule has 3 aromatic rings. The summed E-state index contributed by atoms with van der Waals surface area (Å²) < 4.78 is 11.4. The van der Waals surface area contributed by atoms with Crippen molar-refractivity contribution in [1.82, 2.24) is 9.88 Å². The van der Waals surface area contributed by atoms with Crippen LogP contribution in [0.3, 0.4) is 0 Å². The van der Waals surface area contributed by atoms with Crippen LogP contribution in [0.4, 0.5) is 4.79 Å². The van der Waals surface area contributed by atoms with Gasteiger partial charge in [-0.15, -0.1) is 11.8 Å². The van der Waals surface area contributed by atoms with E-state index >= 15 is 0 Å². The number of aryl methyl sites for hydroxylation is 1. The van der Waals surface area contributed by atoms with Crippen LogP contribution >= 0.6 is 11.8 Å². The minimum atomic E-state index is -0.956. The van der Waals surface area contributed by atoms with Gasteiger partial charge in [-0.05, 0) is 79.3 Å². The molecule has 4 rings (SSSR count). The average molecular weight is 493 g/mol. The second kappa shape index (κ2) is 12.3. The molecule has 1 aliphatic heterocycles. The normalized spacial score (nSPS) is 13.9. The van der Waals surface area contributed by atoms with Crippen molar-refractivity contribution >= 4 is 23.8 Å². The number of hydrogen-bond donors (Lipinski definition) is 1. The van der Waals surface area contributed by atoms with E-state index in [1.807, 2.05) is 36.4 Å². The van der Waals surface area contributed by atoms with Gasteiger partial charge in [0.2, 0.25) is 0 Å². The highest BCUT2D eigenvalue weighted by atomic mass is 32.2. The molecule has 7 nitrogen and oxygen atoms in total. The third-order valence-corrected chi connectivity index (χ3v) is 6.91. The van der Waals surface area contributed by atoms with E-state index in [1.54, 1.807) is 41.2 Å². The first-order chi connectivity index (χ1) is 17.1. The maximum atomic E-state index is 12.6. The number of likely N-dealkylation sites (tertiary alicyclic amines) is 1. The summed E-state index contributed by atoms with van der Waals surface area (Å²) in [6, 6.07) is 18.1. The third-order valence-electron chi connectivity index (χ3n) is 5.90. The lowest BCUT2D eigenvalue weighted by Gasteiger charge is -2.31. The molecule has 0 radical (unpaired) electrons. The molecule has 182 valence electrons. The number of nitrogens with zero attached hydrogens (tertiary/aromatic N) is 2. The number of aromatic carboxylic acids is 1. The zero-order valence-electron chi connectivity index (χ0n) is 19.3. The van der Waals surface area contributed by atoms with Crippen molar-refractivity contribution in [3.8, 4) is 11.5 Å². The smallest absolute Gasteiger partial charge is 0.415 e. The summed E-state index contributed by atoms with van der Waals surface area (Å²) in [6.45, 7) is 1.78. The van der Waals surface area contributed by atoms with Crippen molar-refractivity contribution in [2.75, 3.05) is 25.4 Å². The summed E-state index contributed by atoms with van der Waals surface area (Å²) in [6.07, 6.45) is 5.86. The highest BCUT2D eigenvalue weighted by Crippen LogP contribution is 2.22. The van der Waals surface area contributed by atoms with Gasteiger partial charge in [-0.2, -0.15) is 0 Å². The molecule has 0 aliphatic carbocycles. The van der Waals surface area contributed by atoms with Crippen LogP contribution in [0.5, 0.6) is 11.5 Å².